The average Bonchev–Trinajstić information content (AvgIpc) is 2.17. The molecule has 0 amide bonds. The van der Waals surface area contributed by atoms with Gasteiger partial charge in [0.1, 0.15) is 6.10 Å². The molecule has 0 radical (unpaired) electrons. The molecule has 0 spiro atoms. The Labute approximate surface area is 78.1 Å². The molecule has 0 aromatic carbocycles. The summed E-state index contributed by atoms with van der Waals surface area (Å²) in [4.78, 5) is 4.18. The molecule has 0 fully saturated rings. The monoisotopic (exact) mass is 181 g/mol. The fourth-order valence-corrected chi connectivity index (χ4v) is 1.06. The minimum Gasteiger partial charge on any atom is -0.393 e. The zero-order valence-corrected chi connectivity index (χ0v) is 7.94. The third-order valence-electron chi connectivity index (χ3n) is 1.96. The first-order valence-corrected chi connectivity index (χ1v) is 4.40. The highest BCUT2D eigenvalue weighted by Gasteiger charge is 2.06. The summed E-state index contributed by atoms with van der Waals surface area (Å²) in [7, 11) is 0. The van der Waals surface area contributed by atoms with Gasteiger partial charge in [0, 0.05) is 17.5 Å². The maximum absolute atomic E-state index is 9.27. The van der Waals surface area contributed by atoms with Crippen LogP contribution in [0.3, 0.4) is 0 Å². The minimum atomic E-state index is -0.811. The van der Waals surface area contributed by atoms with E-state index in [0.717, 1.165) is 5.69 Å². The lowest BCUT2D eigenvalue weighted by Gasteiger charge is -2.08. The molecule has 0 aliphatic heterocycles. The summed E-state index contributed by atoms with van der Waals surface area (Å²) in [5.41, 5.74) is 1.65. The van der Waals surface area contributed by atoms with Gasteiger partial charge in [-0.05, 0) is 12.0 Å². The van der Waals surface area contributed by atoms with Gasteiger partial charge in [-0.25, -0.2) is 0 Å². The van der Waals surface area contributed by atoms with E-state index in [2.05, 4.69) is 18.8 Å². The van der Waals surface area contributed by atoms with E-state index in [1.807, 2.05) is 6.07 Å². The molecule has 1 atom stereocenters. The molecular formula is C10H15NO2. The highest BCUT2D eigenvalue weighted by Crippen LogP contribution is 2.15. The number of hydrogen-bond donors (Lipinski definition) is 2. The zero-order chi connectivity index (χ0) is 9.84. The summed E-state index contributed by atoms with van der Waals surface area (Å²) in [6.07, 6.45) is 0.796. The fraction of sp³-hybridized carbons (Fsp3) is 0.500. The van der Waals surface area contributed by atoms with E-state index in [-0.39, 0.29) is 6.61 Å². The van der Waals surface area contributed by atoms with Crippen molar-refractivity contribution in [3.05, 3.63) is 29.6 Å². The Balaban J connectivity index is 2.81. The summed E-state index contributed by atoms with van der Waals surface area (Å²) in [6, 6.07) is 3.67. The highest BCUT2D eigenvalue weighted by molar-refractivity contribution is 5.18. The van der Waals surface area contributed by atoms with Crippen LogP contribution in [0.2, 0.25) is 0 Å². The van der Waals surface area contributed by atoms with Crippen molar-refractivity contribution in [2.75, 3.05) is 6.61 Å². The SMILES string of the molecule is CC(C)c1ccc(C(O)CO)cn1. The number of rotatable bonds is 3. The Kier molecular flexibility index (Phi) is 3.39. The topological polar surface area (TPSA) is 53.4 Å². The molecule has 1 aromatic rings. The molecule has 3 nitrogen and oxygen atoms in total. The second kappa shape index (κ2) is 4.35. The van der Waals surface area contributed by atoms with Crippen LogP contribution in [0.25, 0.3) is 0 Å². The maximum atomic E-state index is 9.27. The zero-order valence-electron chi connectivity index (χ0n) is 7.94. The largest absolute Gasteiger partial charge is 0.393 e. The Bertz CT molecular complexity index is 256. The van der Waals surface area contributed by atoms with Crippen molar-refractivity contribution in [2.24, 2.45) is 0 Å². The number of aliphatic hydroxyl groups excluding tert-OH is 2. The van der Waals surface area contributed by atoms with Crippen molar-refractivity contribution in [3.63, 3.8) is 0 Å². The van der Waals surface area contributed by atoms with Crippen LogP contribution in [0.4, 0.5) is 0 Å². The van der Waals surface area contributed by atoms with E-state index in [0.29, 0.717) is 11.5 Å². The number of hydrogen-bond acceptors (Lipinski definition) is 3. The second-order valence-electron chi connectivity index (χ2n) is 3.37. The molecule has 0 saturated carbocycles. The van der Waals surface area contributed by atoms with Crippen LogP contribution in [-0.2, 0) is 0 Å². The first-order chi connectivity index (χ1) is 6.15. The normalized spacial score (nSPS) is 13.3. The minimum absolute atomic E-state index is 0.261. The van der Waals surface area contributed by atoms with E-state index < -0.39 is 6.10 Å². The van der Waals surface area contributed by atoms with E-state index >= 15 is 0 Å². The summed E-state index contributed by atoms with van der Waals surface area (Å²) < 4.78 is 0. The fourth-order valence-electron chi connectivity index (χ4n) is 1.06. The third-order valence-corrected chi connectivity index (χ3v) is 1.96. The first-order valence-electron chi connectivity index (χ1n) is 4.40. The number of nitrogens with zero attached hydrogens (tertiary/aromatic N) is 1. The van der Waals surface area contributed by atoms with E-state index in [4.69, 9.17) is 5.11 Å². The van der Waals surface area contributed by atoms with Gasteiger partial charge < -0.3 is 10.2 Å². The van der Waals surface area contributed by atoms with Crippen LogP contribution < -0.4 is 0 Å². The molecule has 1 rings (SSSR count). The molecule has 1 aromatic heterocycles. The smallest absolute Gasteiger partial charge is 0.104 e. The second-order valence-corrected chi connectivity index (χ2v) is 3.37. The van der Waals surface area contributed by atoms with Crippen molar-refractivity contribution in [3.8, 4) is 0 Å². The van der Waals surface area contributed by atoms with Gasteiger partial charge in [-0.1, -0.05) is 19.9 Å². The lowest BCUT2D eigenvalue weighted by atomic mass is 10.1. The predicted octanol–water partition coefficient (Wildman–Crippen LogP) is 1.23. The lowest BCUT2D eigenvalue weighted by Crippen LogP contribution is -2.03. The van der Waals surface area contributed by atoms with Crippen LogP contribution in [0, 0.1) is 0 Å². The van der Waals surface area contributed by atoms with Crippen molar-refractivity contribution in [1.29, 1.82) is 0 Å². The molecule has 0 aliphatic rings. The first kappa shape index (κ1) is 10.2. The van der Waals surface area contributed by atoms with Gasteiger partial charge in [0.15, 0.2) is 0 Å². The molecule has 0 bridgehead atoms. The van der Waals surface area contributed by atoms with E-state index in [1.54, 1.807) is 12.3 Å². The summed E-state index contributed by atoms with van der Waals surface area (Å²) in [5.74, 6) is 0.389. The molecule has 1 unspecified atom stereocenters. The van der Waals surface area contributed by atoms with Gasteiger partial charge in [-0.15, -0.1) is 0 Å². The predicted molar refractivity (Wildman–Crippen MR) is 50.4 cm³/mol. The summed E-state index contributed by atoms with van der Waals surface area (Å²) in [6.45, 7) is 3.86. The average molecular weight is 181 g/mol. The molecule has 13 heavy (non-hydrogen) atoms. The molecule has 72 valence electrons. The molecule has 0 aliphatic carbocycles. The number of pyridine rings is 1. The molecule has 1 heterocycles. The lowest BCUT2D eigenvalue weighted by molar-refractivity contribution is 0.0953. The maximum Gasteiger partial charge on any atom is 0.104 e. The van der Waals surface area contributed by atoms with Crippen molar-refractivity contribution in [1.82, 2.24) is 4.98 Å². The van der Waals surface area contributed by atoms with Crippen LogP contribution >= 0.6 is 0 Å². The van der Waals surface area contributed by atoms with Crippen LogP contribution in [-0.4, -0.2) is 21.8 Å². The van der Waals surface area contributed by atoms with Gasteiger partial charge in [-0.3, -0.25) is 4.98 Å². The van der Waals surface area contributed by atoms with Crippen LogP contribution in [0.15, 0.2) is 18.3 Å². The standard InChI is InChI=1S/C10H15NO2/c1-7(2)9-4-3-8(5-11-9)10(13)6-12/h3-5,7,10,12-13H,6H2,1-2H3. The van der Waals surface area contributed by atoms with Crippen LogP contribution in [0.1, 0.15) is 37.1 Å². The van der Waals surface area contributed by atoms with Crippen molar-refractivity contribution < 1.29 is 10.2 Å². The summed E-state index contributed by atoms with van der Waals surface area (Å²) >= 11 is 0. The Hall–Kier alpha value is -0.930. The Morgan fingerprint density at radius 1 is 1.38 bits per heavy atom. The van der Waals surface area contributed by atoms with Gasteiger partial charge >= 0.3 is 0 Å². The molecular weight excluding hydrogens is 166 g/mol. The molecule has 0 saturated heterocycles. The van der Waals surface area contributed by atoms with Crippen molar-refractivity contribution >= 4 is 0 Å². The van der Waals surface area contributed by atoms with Crippen molar-refractivity contribution in [2.45, 2.75) is 25.9 Å². The van der Waals surface area contributed by atoms with E-state index in [1.165, 1.54) is 0 Å². The highest BCUT2D eigenvalue weighted by atomic mass is 16.3. The van der Waals surface area contributed by atoms with E-state index in [9.17, 15) is 5.11 Å². The number of aliphatic hydroxyl groups is 2. The summed E-state index contributed by atoms with van der Waals surface area (Å²) in [5, 5.41) is 18.0. The van der Waals surface area contributed by atoms with Gasteiger partial charge in [-0.2, -0.15) is 0 Å². The number of aromatic nitrogens is 1. The molecule has 3 heteroatoms. The van der Waals surface area contributed by atoms with Crippen LogP contribution in [0.5, 0.6) is 0 Å². The third kappa shape index (κ3) is 2.50. The quantitative estimate of drug-likeness (QED) is 0.737. The molecule has 2 N–H and O–H groups in total. The van der Waals surface area contributed by atoms with Gasteiger partial charge in [0.2, 0.25) is 0 Å². The Morgan fingerprint density at radius 3 is 2.46 bits per heavy atom. The van der Waals surface area contributed by atoms with Gasteiger partial charge in [0.05, 0.1) is 6.61 Å². The van der Waals surface area contributed by atoms with Gasteiger partial charge in [0.25, 0.3) is 0 Å². The Morgan fingerprint density at radius 2 is 2.08 bits per heavy atom.